The number of ether oxygens (including phenoxy) is 1. The van der Waals surface area contributed by atoms with Crippen LogP contribution in [0.25, 0.3) is 0 Å². The Morgan fingerprint density at radius 2 is 1.73 bits per heavy atom. The van der Waals surface area contributed by atoms with Crippen molar-refractivity contribution in [3.8, 4) is 0 Å². The molecule has 15 heavy (non-hydrogen) atoms. The number of carbonyl (C=O) groups excluding carboxylic acids is 1. The standard InChI is InChI=1S/C9H16N2O4/c1-3-5(4-2)6(10)7(8(12)13)15-9(11)14/h5H,3-4,10H2,1-2H3,(H2,11,14)(H,12,13). The second-order valence-electron chi connectivity index (χ2n) is 3.02. The van der Waals surface area contributed by atoms with Crippen LogP contribution in [0.2, 0.25) is 0 Å². The predicted octanol–water partition coefficient (Wildman–Crippen LogP) is 0.773. The smallest absolute Gasteiger partial charge is 0.410 e. The van der Waals surface area contributed by atoms with Gasteiger partial charge in [0.2, 0.25) is 5.76 Å². The predicted molar refractivity (Wildman–Crippen MR) is 53.6 cm³/mol. The second-order valence-corrected chi connectivity index (χ2v) is 3.02. The average Bonchev–Trinajstić information content (AvgIpc) is 2.15. The molecule has 0 aliphatic heterocycles. The van der Waals surface area contributed by atoms with E-state index in [2.05, 4.69) is 4.74 Å². The Morgan fingerprint density at radius 3 is 2.00 bits per heavy atom. The Labute approximate surface area is 87.9 Å². The van der Waals surface area contributed by atoms with E-state index < -0.39 is 17.8 Å². The molecule has 86 valence electrons. The number of amides is 1. The molecule has 0 unspecified atom stereocenters. The number of carboxylic acid groups (broad SMARTS) is 1. The summed E-state index contributed by atoms with van der Waals surface area (Å²) in [4.78, 5) is 21.2. The third-order valence-corrected chi connectivity index (χ3v) is 2.08. The van der Waals surface area contributed by atoms with Crippen LogP contribution in [0, 0.1) is 5.92 Å². The summed E-state index contributed by atoms with van der Waals surface area (Å²) < 4.78 is 4.35. The molecular weight excluding hydrogens is 200 g/mol. The zero-order valence-corrected chi connectivity index (χ0v) is 8.82. The Morgan fingerprint density at radius 1 is 1.27 bits per heavy atom. The van der Waals surface area contributed by atoms with Gasteiger partial charge in [-0.2, -0.15) is 0 Å². The molecule has 6 heteroatoms. The molecule has 0 saturated carbocycles. The fourth-order valence-corrected chi connectivity index (χ4v) is 1.24. The average molecular weight is 216 g/mol. The molecule has 0 rings (SSSR count). The van der Waals surface area contributed by atoms with Gasteiger partial charge in [0.15, 0.2) is 0 Å². The van der Waals surface area contributed by atoms with Crippen LogP contribution in [0.5, 0.6) is 0 Å². The summed E-state index contributed by atoms with van der Waals surface area (Å²) >= 11 is 0. The van der Waals surface area contributed by atoms with Crippen LogP contribution in [0.3, 0.4) is 0 Å². The number of hydrogen-bond donors (Lipinski definition) is 3. The maximum absolute atomic E-state index is 10.7. The van der Waals surface area contributed by atoms with Gasteiger partial charge in [-0.3, -0.25) is 0 Å². The topological polar surface area (TPSA) is 116 Å². The van der Waals surface area contributed by atoms with Gasteiger partial charge in [0.25, 0.3) is 0 Å². The van der Waals surface area contributed by atoms with E-state index in [-0.39, 0.29) is 11.6 Å². The van der Waals surface area contributed by atoms with Crippen molar-refractivity contribution < 1.29 is 19.4 Å². The number of allylic oxidation sites excluding steroid dienone is 1. The van der Waals surface area contributed by atoms with Crippen LogP contribution in [0.4, 0.5) is 4.79 Å². The van der Waals surface area contributed by atoms with Crippen molar-refractivity contribution in [2.45, 2.75) is 26.7 Å². The Hall–Kier alpha value is -1.72. The molecule has 0 heterocycles. The zero-order chi connectivity index (χ0) is 12.0. The molecule has 0 aromatic rings. The fourth-order valence-electron chi connectivity index (χ4n) is 1.24. The van der Waals surface area contributed by atoms with Crippen LogP contribution in [-0.4, -0.2) is 17.2 Å². The summed E-state index contributed by atoms with van der Waals surface area (Å²) in [5.41, 5.74) is 10.4. The van der Waals surface area contributed by atoms with Gasteiger partial charge in [0, 0.05) is 5.92 Å². The van der Waals surface area contributed by atoms with Gasteiger partial charge in [0.05, 0.1) is 5.70 Å². The first-order valence-corrected chi connectivity index (χ1v) is 4.64. The molecule has 0 aliphatic rings. The Bertz CT molecular complexity index is 282. The van der Waals surface area contributed by atoms with Gasteiger partial charge >= 0.3 is 12.1 Å². The number of primary amides is 1. The number of aliphatic carboxylic acids is 1. The number of nitrogens with two attached hydrogens (primary N) is 2. The summed E-state index contributed by atoms with van der Waals surface area (Å²) in [7, 11) is 0. The van der Waals surface area contributed by atoms with E-state index in [9.17, 15) is 9.59 Å². The minimum absolute atomic E-state index is 0.0475. The van der Waals surface area contributed by atoms with Crippen LogP contribution < -0.4 is 11.5 Å². The lowest BCUT2D eigenvalue weighted by Crippen LogP contribution is -2.24. The molecule has 0 radical (unpaired) electrons. The van der Waals surface area contributed by atoms with E-state index in [0.717, 1.165) is 0 Å². The zero-order valence-electron chi connectivity index (χ0n) is 8.82. The lowest BCUT2D eigenvalue weighted by atomic mass is 9.99. The van der Waals surface area contributed by atoms with Gasteiger partial charge in [-0.05, 0) is 12.8 Å². The van der Waals surface area contributed by atoms with Gasteiger partial charge in [0.1, 0.15) is 0 Å². The molecule has 0 atom stereocenters. The van der Waals surface area contributed by atoms with Gasteiger partial charge in [-0.15, -0.1) is 0 Å². The third-order valence-electron chi connectivity index (χ3n) is 2.08. The van der Waals surface area contributed by atoms with Crippen molar-refractivity contribution in [1.82, 2.24) is 0 Å². The summed E-state index contributed by atoms with van der Waals surface area (Å²) in [6.45, 7) is 3.73. The normalized spacial score (nSPS) is 12.2. The van der Waals surface area contributed by atoms with Gasteiger partial charge < -0.3 is 21.3 Å². The third kappa shape index (κ3) is 3.88. The van der Waals surface area contributed by atoms with Gasteiger partial charge in [-0.25, -0.2) is 9.59 Å². The highest BCUT2D eigenvalue weighted by Crippen LogP contribution is 2.18. The highest BCUT2D eigenvalue weighted by atomic mass is 16.6. The van der Waals surface area contributed by atoms with Crippen molar-refractivity contribution in [2.75, 3.05) is 0 Å². The quantitative estimate of drug-likeness (QED) is 0.463. The molecule has 5 N–H and O–H groups in total. The van der Waals surface area contributed by atoms with Crippen LogP contribution in [0.1, 0.15) is 26.7 Å². The summed E-state index contributed by atoms with van der Waals surface area (Å²) in [5, 5.41) is 8.76. The molecular formula is C9H16N2O4. The first-order chi connectivity index (χ1) is 6.93. The van der Waals surface area contributed by atoms with Gasteiger partial charge in [-0.1, -0.05) is 13.8 Å². The second kappa shape index (κ2) is 5.90. The summed E-state index contributed by atoms with van der Waals surface area (Å²) in [6.07, 6.45) is 0.156. The molecule has 0 saturated heterocycles. The van der Waals surface area contributed by atoms with E-state index in [0.29, 0.717) is 12.8 Å². The fraction of sp³-hybridized carbons (Fsp3) is 0.556. The summed E-state index contributed by atoms with van der Waals surface area (Å²) in [6, 6.07) is 0. The van der Waals surface area contributed by atoms with Crippen molar-refractivity contribution in [1.29, 1.82) is 0 Å². The molecule has 0 bridgehead atoms. The molecule has 0 aliphatic carbocycles. The minimum atomic E-state index is -1.39. The molecule has 6 nitrogen and oxygen atoms in total. The van der Waals surface area contributed by atoms with E-state index in [4.69, 9.17) is 16.6 Å². The number of carboxylic acids is 1. The molecule has 0 spiro atoms. The van der Waals surface area contributed by atoms with Crippen LogP contribution in [-0.2, 0) is 9.53 Å². The first-order valence-electron chi connectivity index (χ1n) is 4.64. The SMILES string of the molecule is CCC(CC)C(N)=C(OC(N)=O)C(=O)O. The molecule has 0 aromatic heterocycles. The van der Waals surface area contributed by atoms with E-state index in [1.807, 2.05) is 13.8 Å². The monoisotopic (exact) mass is 216 g/mol. The van der Waals surface area contributed by atoms with E-state index in [1.165, 1.54) is 0 Å². The van der Waals surface area contributed by atoms with Crippen LogP contribution in [0.15, 0.2) is 11.5 Å². The Kier molecular flexibility index (Phi) is 5.22. The van der Waals surface area contributed by atoms with Crippen molar-refractivity contribution in [3.63, 3.8) is 0 Å². The number of rotatable bonds is 5. The molecule has 0 fully saturated rings. The maximum Gasteiger partial charge on any atom is 0.410 e. The highest BCUT2D eigenvalue weighted by molar-refractivity contribution is 5.88. The van der Waals surface area contributed by atoms with Crippen molar-refractivity contribution in [3.05, 3.63) is 11.5 Å². The molecule has 1 amide bonds. The van der Waals surface area contributed by atoms with E-state index >= 15 is 0 Å². The minimum Gasteiger partial charge on any atom is -0.475 e. The Balaban J connectivity index is 5.06. The lowest BCUT2D eigenvalue weighted by molar-refractivity contribution is -0.135. The van der Waals surface area contributed by atoms with Crippen molar-refractivity contribution in [2.24, 2.45) is 17.4 Å². The number of carbonyl (C=O) groups is 2. The first kappa shape index (κ1) is 13.3. The molecule has 0 aromatic carbocycles. The number of hydrogen-bond acceptors (Lipinski definition) is 4. The van der Waals surface area contributed by atoms with Crippen LogP contribution >= 0.6 is 0 Å². The maximum atomic E-state index is 10.7. The highest BCUT2D eigenvalue weighted by Gasteiger charge is 2.21. The van der Waals surface area contributed by atoms with Crippen molar-refractivity contribution >= 4 is 12.1 Å². The van der Waals surface area contributed by atoms with E-state index in [1.54, 1.807) is 0 Å². The lowest BCUT2D eigenvalue weighted by Gasteiger charge is -2.14. The summed E-state index contributed by atoms with van der Waals surface area (Å²) in [5.74, 6) is -2.09. The largest absolute Gasteiger partial charge is 0.475 e.